The lowest BCUT2D eigenvalue weighted by atomic mass is 9.82. The maximum atomic E-state index is 12.9. The maximum absolute atomic E-state index is 12.9. The highest BCUT2D eigenvalue weighted by atomic mass is 16.2. The van der Waals surface area contributed by atoms with Crippen LogP contribution in [0.3, 0.4) is 0 Å². The molecule has 1 aromatic rings. The lowest BCUT2D eigenvalue weighted by Gasteiger charge is -2.35. The fourth-order valence-electron chi connectivity index (χ4n) is 4.97. The van der Waals surface area contributed by atoms with E-state index in [2.05, 4.69) is 21.4 Å². The molecule has 6 amide bonds. The first kappa shape index (κ1) is 23.0. The first-order valence-corrected chi connectivity index (χ1v) is 11.8. The normalized spacial score (nSPS) is 22.7. The molecule has 10 nitrogen and oxygen atoms in total. The van der Waals surface area contributed by atoms with Crippen molar-refractivity contribution in [1.29, 1.82) is 0 Å². The quantitative estimate of drug-likeness (QED) is 0.487. The molecule has 1 spiro atoms. The third-order valence-corrected chi connectivity index (χ3v) is 6.73. The molecule has 4 rings (SSSR count). The van der Waals surface area contributed by atoms with E-state index in [1.54, 1.807) is 0 Å². The topological polar surface area (TPSA) is 123 Å². The van der Waals surface area contributed by atoms with Crippen LogP contribution in [0.1, 0.15) is 51.4 Å². The largest absolute Gasteiger partial charge is 0.344 e. The van der Waals surface area contributed by atoms with Gasteiger partial charge in [-0.2, -0.15) is 5.01 Å². The monoisotopic (exact) mass is 456 g/mol. The maximum Gasteiger partial charge on any atom is 0.344 e. The summed E-state index contributed by atoms with van der Waals surface area (Å²) in [6, 6.07) is 8.32. The van der Waals surface area contributed by atoms with Crippen LogP contribution in [0.15, 0.2) is 30.3 Å². The van der Waals surface area contributed by atoms with Crippen molar-refractivity contribution in [2.24, 2.45) is 0 Å². The van der Waals surface area contributed by atoms with Gasteiger partial charge in [-0.15, -0.1) is 0 Å². The molecule has 1 saturated carbocycles. The Kier molecular flexibility index (Phi) is 7.12. The molecule has 0 radical (unpaired) electrons. The van der Waals surface area contributed by atoms with Gasteiger partial charge in [0.15, 0.2) is 0 Å². The number of nitrogens with zero attached hydrogens (tertiary/aromatic N) is 2. The van der Waals surface area contributed by atoms with Crippen LogP contribution in [-0.4, -0.2) is 65.0 Å². The number of likely N-dealkylation sites (tertiary alicyclic amines) is 1. The van der Waals surface area contributed by atoms with Crippen LogP contribution in [0.4, 0.5) is 15.3 Å². The van der Waals surface area contributed by atoms with E-state index < -0.39 is 17.5 Å². The molecule has 0 aromatic heterocycles. The Labute approximate surface area is 193 Å². The molecule has 3 fully saturated rings. The SMILES string of the molecule is O=C(CN1CCCCC1CNC(=O)Nc1ccccc1)NN1C(=O)NC2(CCCCC2)C1=O. The predicted molar refractivity (Wildman–Crippen MR) is 122 cm³/mol. The zero-order chi connectivity index (χ0) is 23.3. The van der Waals surface area contributed by atoms with Crippen LogP contribution >= 0.6 is 0 Å². The van der Waals surface area contributed by atoms with Crippen LogP contribution in [-0.2, 0) is 9.59 Å². The van der Waals surface area contributed by atoms with Crippen LogP contribution in [0.2, 0.25) is 0 Å². The summed E-state index contributed by atoms with van der Waals surface area (Å²) in [6.07, 6.45) is 6.84. The summed E-state index contributed by atoms with van der Waals surface area (Å²) in [6.45, 7) is 1.17. The van der Waals surface area contributed by atoms with Crippen LogP contribution < -0.4 is 21.4 Å². The van der Waals surface area contributed by atoms with Crippen molar-refractivity contribution in [3.05, 3.63) is 30.3 Å². The fraction of sp³-hybridized carbons (Fsp3) is 0.565. The van der Waals surface area contributed by atoms with E-state index in [1.165, 1.54) is 0 Å². The molecule has 33 heavy (non-hydrogen) atoms. The number of hydrogen-bond donors (Lipinski definition) is 4. The Hall–Kier alpha value is -3.14. The summed E-state index contributed by atoms with van der Waals surface area (Å²) in [5.74, 6) is -0.776. The average Bonchev–Trinajstić information content (AvgIpc) is 3.03. The van der Waals surface area contributed by atoms with Crippen molar-refractivity contribution in [3.63, 3.8) is 0 Å². The van der Waals surface area contributed by atoms with E-state index in [0.29, 0.717) is 31.6 Å². The lowest BCUT2D eigenvalue weighted by Crippen LogP contribution is -2.55. The molecule has 1 aliphatic carbocycles. The standard InChI is InChI=1S/C23H32N6O4/c30-19(27-29-20(31)23(26-22(29)33)12-6-2-7-13-23)16-28-14-8-5-11-18(28)15-24-21(32)25-17-9-3-1-4-10-17/h1,3-4,9-10,18H,2,5-8,11-16H2,(H,26,33)(H,27,30)(H2,24,25,32). The van der Waals surface area contributed by atoms with E-state index in [0.717, 1.165) is 43.5 Å². The summed E-state index contributed by atoms with van der Waals surface area (Å²) in [4.78, 5) is 52.2. The van der Waals surface area contributed by atoms with Crippen LogP contribution in [0.25, 0.3) is 0 Å². The Bertz CT molecular complexity index is 886. The summed E-state index contributed by atoms with van der Waals surface area (Å²) >= 11 is 0. The van der Waals surface area contributed by atoms with Gasteiger partial charge in [-0.3, -0.25) is 19.9 Å². The van der Waals surface area contributed by atoms with E-state index in [-0.39, 0.29) is 24.5 Å². The third kappa shape index (κ3) is 5.44. The fourth-order valence-corrected chi connectivity index (χ4v) is 4.97. The second-order valence-electron chi connectivity index (χ2n) is 9.07. The van der Waals surface area contributed by atoms with E-state index in [4.69, 9.17) is 0 Å². The van der Waals surface area contributed by atoms with E-state index in [1.807, 2.05) is 35.2 Å². The molecular formula is C23H32N6O4. The molecule has 1 aromatic carbocycles. The van der Waals surface area contributed by atoms with Gasteiger partial charge in [0.1, 0.15) is 5.54 Å². The number of urea groups is 2. The van der Waals surface area contributed by atoms with Crippen molar-refractivity contribution in [2.75, 3.05) is 25.0 Å². The highest BCUT2D eigenvalue weighted by Crippen LogP contribution is 2.33. The molecule has 0 bridgehead atoms. The molecule has 1 atom stereocenters. The molecule has 178 valence electrons. The highest BCUT2D eigenvalue weighted by Gasteiger charge is 2.52. The van der Waals surface area contributed by atoms with Gasteiger partial charge in [0, 0.05) is 18.3 Å². The minimum absolute atomic E-state index is 0.00110. The van der Waals surface area contributed by atoms with Crippen molar-refractivity contribution < 1.29 is 19.2 Å². The second-order valence-corrected chi connectivity index (χ2v) is 9.07. The lowest BCUT2D eigenvalue weighted by molar-refractivity contribution is -0.140. The summed E-state index contributed by atoms with van der Waals surface area (Å²) < 4.78 is 0. The molecule has 1 unspecified atom stereocenters. The van der Waals surface area contributed by atoms with Crippen LogP contribution in [0, 0.1) is 0 Å². The first-order chi connectivity index (χ1) is 16.0. The number of imide groups is 1. The number of hydrazine groups is 1. The van der Waals surface area contributed by atoms with Crippen LogP contribution in [0.5, 0.6) is 0 Å². The highest BCUT2D eigenvalue weighted by molar-refractivity contribution is 6.08. The number of nitrogens with one attached hydrogen (secondary N) is 4. The Morgan fingerprint density at radius 2 is 1.79 bits per heavy atom. The van der Waals surface area contributed by atoms with Gasteiger partial charge < -0.3 is 16.0 Å². The number of para-hydroxylation sites is 1. The molecule has 3 aliphatic rings. The predicted octanol–water partition coefficient (Wildman–Crippen LogP) is 1.95. The van der Waals surface area contributed by atoms with Gasteiger partial charge in [-0.25, -0.2) is 9.59 Å². The summed E-state index contributed by atoms with van der Waals surface area (Å²) in [5.41, 5.74) is 2.35. The summed E-state index contributed by atoms with van der Waals surface area (Å²) in [5, 5.41) is 9.30. The number of hydrogen-bond acceptors (Lipinski definition) is 5. The number of piperidine rings is 1. The molecule has 2 aliphatic heterocycles. The van der Waals surface area contributed by atoms with Gasteiger partial charge in [0.2, 0.25) is 0 Å². The van der Waals surface area contributed by atoms with E-state index >= 15 is 0 Å². The van der Waals surface area contributed by atoms with Gasteiger partial charge >= 0.3 is 12.1 Å². The number of benzene rings is 1. The number of carbonyl (C=O) groups excluding carboxylic acids is 4. The van der Waals surface area contributed by atoms with Crippen molar-refractivity contribution in [3.8, 4) is 0 Å². The molecule has 4 N–H and O–H groups in total. The Morgan fingerprint density at radius 3 is 2.55 bits per heavy atom. The molecule has 2 saturated heterocycles. The zero-order valence-corrected chi connectivity index (χ0v) is 18.8. The summed E-state index contributed by atoms with van der Waals surface area (Å²) in [7, 11) is 0. The molecule has 2 heterocycles. The number of carbonyl (C=O) groups is 4. The zero-order valence-electron chi connectivity index (χ0n) is 18.8. The van der Waals surface area contributed by atoms with Crippen molar-refractivity contribution in [2.45, 2.75) is 62.9 Å². The number of amides is 6. The van der Waals surface area contributed by atoms with Gasteiger partial charge in [0.25, 0.3) is 11.8 Å². The van der Waals surface area contributed by atoms with Gasteiger partial charge in [-0.1, -0.05) is 43.9 Å². The Balaban J connectivity index is 1.28. The smallest absolute Gasteiger partial charge is 0.336 e. The number of anilines is 1. The number of rotatable bonds is 6. The molecular weight excluding hydrogens is 424 g/mol. The first-order valence-electron chi connectivity index (χ1n) is 11.8. The van der Waals surface area contributed by atoms with Gasteiger partial charge in [0.05, 0.1) is 6.54 Å². The average molecular weight is 457 g/mol. The third-order valence-electron chi connectivity index (χ3n) is 6.73. The second kappa shape index (κ2) is 10.2. The van der Waals surface area contributed by atoms with E-state index in [9.17, 15) is 19.2 Å². The molecule has 10 heteroatoms. The van der Waals surface area contributed by atoms with Gasteiger partial charge in [-0.05, 0) is 44.4 Å². The minimum Gasteiger partial charge on any atom is -0.336 e. The Morgan fingerprint density at radius 1 is 1.03 bits per heavy atom. The minimum atomic E-state index is -0.869. The van der Waals surface area contributed by atoms with Crippen molar-refractivity contribution >= 4 is 29.6 Å². The van der Waals surface area contributed by atoms with Crippen molar-refractivity contribution in [1.82, 2.24) is 26.0 Å².